The fourth-order valence-electron chi connectivity index (χ4n) is 5.04. The first-order valence-corrected chi connectivity index (χ1v) is 16.6. The molecule has 0 unspecified atom stereocenters. The minimum absolute atomic E-state index is 0.317. The number of allylic oxidation sites excluding steroid dienone is 3. The lowest BCUT2D eigenvalue weighted by molar-refractivity contribution is 0.0982. The first-order chi connectivity index (χ1) is 19.1. The molecular weight excluding hydrogens is 545 g/mol. The molecule has 0 amide bonds. The van der Waals surface area contributed by atoms with Gasteiger partial charge in [-0.1, -0.05) is 30.8 Å². The summed E-state index contributed by atoms with van der Waals surface area (Å²) in [6, 6.07) is 6.81. The van der Waals surface area contributed by atoms with Gasteiger partial charge in [-0.25, -0.2) is 4.98 Å². The summed E-state index contributed by atoms with van der Waals surface area (Å²) in [5.41, 5.74) is 2.41. The van der Waals surface area contributed by atoms with Crippen LogP contribution < -0.4 is 20.3 Å². The number of ether oxygens (including phenoxy) is 1. The zero-order valence-corrected chi connectivity index (χ0v) is 25.6. The Morgan fingerprint density at radius 1 is 1.18 bits per heavy atom. The molecule has 216 valence electrons. The van der Waals surface area contributed by atoms with Crippen LogP contribution in [-0.4, -0.2) is 92.6 Å². The van der Waals surface area contributed by atoms with Crippen LogP contribution in [0.2, 0.25) is 5.02 Å². The van der Waals surface area contributed by atoms with E-state index in [0.29, 0.717) is 39.6 Å². The maximum atomic E-state index is 12.6. The van der Waals surface area contributed by atoms with Crippen molar-refractivity contribution in [3.8, 4) is 5.75 Å². The molecule has 0 spiro atoms. The molecule has 3 heterocycles. The van der Waals surface area contributed by atoms with Gasteiger partial charge in [-0.05, 0) is 51.4 Å². The summed E-state index contributed by atoms with van der Waals surface area (Å²) >= 11 is 6.39. The highest BCUT2D eigenvalue weighted by Crippen LogP contribution is 2.48. The Morgan fingerprint density at radius 2 is 1.88 bits per heavy atom. The summed E-state index contributed by atoms with van der Waals surface area (Å²) in [4.78, 5) is 16.4. The quantitative estimate of drug-likeness (QED) is 0.269. The van der Waals surface area contributed by atoms with Gasteiger partial charge in [0.15, 0.2) is 5.82 Å². The van der Waals surface area contributed by atoms with Crippen molar-refractivity contribution < 1.29 is 9.30 Å². The smallest absolute Gasteiger partial charge is 0.229 e. The van der Waals surface area contributed by atoms with Gasteiger partial charge in [0, 0.05) is 68.1 Å². The summed E-state index contributed by atoms with van der Waals surface area (Å²) in [6.45, 7) is 17.7. The van der Waals surface area contributed by atoms with Crippen LogP contribution in [0.4, 0.5) is 23.1 Å². The average Bonchev–Trinajstić information content (AvgIpc) is 2.94. The number of halogens is 1. The van der Waals surface area contributed by atoms with Crippen molar-refractivity contribution in [2.24, 2.45) is 0 Å². The number of benzene rings is 1. The number of piperazine rings is 1. The minimum atomic E-state index is -2.60. The first kappa shape index (κ1) is 30.1. The second-order valence-electron chi connectivity index (χ2n) is 10.7. The molecule has 11 heteroatoms. The largest absolute Gasteiger partial charge is 0.494 e. The topological polar surface area (TPSA) is 85.9 Å². The molecule has 40 heavy (non-hydrogen) atoms. The van der Waals surface area contributed by atoms with Crippen molar-refractivity contribution in [3.05, 3.63) is 65.7 Å². The van der Waals surface area contributed by atoms with E-state index in [1.165, 1.54) is 19.0 Å². The number of anilines is 4. The van der Waals surface area contributed by atoms with E-state index in [4.69, 9.17) is 16.3 Å². The van der Waals surface area contributed by atoms with Crippen molar-refractivity contribution in [1.82, 2.24) is 19.8 Å². The predicted octanol–water partition coefficient (Wildman–Crippen LogP) is 5.72. The molecule has 0 saturated carbocycles. The van der Waals surface area contributed by atoms with Gasteiger partial charge in [-0.15, -0.1) is 0 Å². The lowest BCUT2D eigenvalue weighted by atomic mass is 10.0. The van der Waals surface area contributed by atoms with Crippen molar-refractivity contribution in [2.45, 2.75) is 18.9 Å². The zero-order chi connectivity index (χ0) is 28.9. The molecule has 4 rings (SSSR count). The van der Waals surface area contributed by atoms with Gasteiger partial charge < -0.3 is 29.7 Å². The number of likely N-dealkylation sites (N-methyl/N-ethyl adjacent to an activating group) is 1. The standard InChI is InChI=1S/C29H41ClN7O2P/c1-7-8-25(21(2)40(5,6)38)32-28-24(30)20-31-29(34-28)33-26-10-9-23(19-27(26)39-4)36-13-11-22(12-14-36)37-17-15-35(3)16-18-37/h7-10,19-20,22H,1-2,11-18H2,3-6H3,(H2,31,32,33,34)/b25-8+. The molecule has 1 aromatic carbocycles. The van der Waals surface area contributed by atoms with E-state index in [-0.39, 0.29) is 0 Å². The van der Waals surface area contributed by atoms with Crippen molar-refractivity contribution in [3.63, 3.8) is 0 Å². The monoisotopic (exact) mass is 585 g/mol. The fourth-order valence-corrected chi connectivity index (χ4v) is 5.89. The van der Waals surface area contributed by atoms with Crippen LogP contribution >= 0.6 is 18.7 Å². The van der Waals surface area contributed by atoms with Gasteiger partial charge in [0.05, 0.1) is 19.0 Å². The fraction of sp³-hybridized carbons (Fsp3) is 0.448. The summed E-state index contributed by atoms with van der Waals surface area (Å²) in [7, 11) is 1.26. The zero-order valence-electron chi connectivity index (χ0n) is 24.0. The molecule has 2 N–H and O–H groups in total. The third-order valence-corrected chi connectivity index (χ3v) is 9.38. The van der Waals surface area contributed by atoms with Gasteiger partial charge in [-0.3, -0.25) is 4.90 Å². The van der Waals surface area contributed by atoms with Crippen LogP contribution in [0.15, 0.2) is 60.7 Å². The molecule has 2 aliphatic rings. The molecule has 0 atom stereocenters. The molecular formula is C29H41ClN7O2P. The number of nitrogens with zero attached hydrogens (tertiary/aromatic N) is 5. The van der Waals surface area contributed by atoms with Crippen LogP contribution in [0.3, 0.4) is 0 Å². The number of piperidine rings is 1. The van der Waals surface area contributed by atoms with Crippen LogP contribution in [0.1, 0.15) is 12.8 Å². The third-order valence-electron chi connectivity index (χ3n) is 7.56. The predicted molar refractivity (Wildman–Crippen MR) is 168 cm³/mol. The van der Waals surface area contributed by atoms with E-state index in [0.717, 1.165) is 50.6 Å². The van der Waals surface area contributed by atoms with Gasteiger partial charge in [-0.2, -0.15) is 4.98 Å². The minimum Gasteiger partial charge on any atom is -0.494 e. The van der Waals surface area contributed by atoms with E-state index < -0.39 is 7.14 Å². The van der Waals surface area contributed by atoms with Gasteiger partial charge >= 0.3 is 0 Å². The Balaban J connectivity index is 1.45. The number of methoxy groups -OCH3 is 1. The summed E-state index contributed by atoms with van der Waals surface area (Å²) in [5, 5.41) is 7.18. The van der Waals surface area contributed by atoms with Gasteiger partial charge in [0.25, 0.3) is 0 Å². The number of aromatic nitrogens is 2. The highest BCUT2D eigenvalue weighted by Gasteiger charge is 2.27. The summed E-state index contributed by atoms with van der Waals surface area (Å²) in [5.74, 6) is 1.40. The Hall–Kier alpha value is -2.84. The molecule has 9 nitrogen and oxygen atoms in total. The second-order valence-corrected chi connectivity index (χ2v) is 14.3. The van der Waals surface area contributed by atoms with Crippen LogP contribution in [-0.2, 0) is 4.57 Å². The maximum Gasteiger partial charge on any atom is 0.229 e. The summed E-state index contributed by atoms with van der Waals surface area (Å²) in [6.07, 6.45) is 7.14. The highest BCUT2D eigenvalue weighted by atomic mass is 35.5. The Morgan fingerprint density at radius 3 is 2.50 bits per heavy atom. The normalized spacial score (nSPS) is 17.9. The lowest BCUT2D eigenvalue weighted by Gasteiger charge is -2.42. The van der Waals surface area contributed by atoms with Crippen LogP contribution in [0, 0.1) is 0 Å². The van der Waals surface area contributed by atoms with E-state index in [2.05, 4.69) is 67.6 Å². The van der Waals surface area contributed by atoms with E-state index in [9.17, 15) is 4.57 Å². The van der Waals surface area contributed by atoms with Gasteiger partial charge in [0.1, 0.15) is 17.9 Å². The number of rotatable bonds is 10. The average molecular weight is 586 g/mol. The number of hydrogen-bond acceptors (Lipinski definition) is 9. The second kappa shape index (κ2) is 13.2. The molecule has 0 aliphatic carbocycles. The van der Waals surface area contributed by atoms with Gasteiger partial charge in [0.2, 0.25) is 5.95 Å². The van der Waals surface area contributed by atoms with E-state index in [1.807, 2.05) is 6.07 Å². The Kier molecular flexibility index (Phi) is 9.95. The SMILES string of the molecule is C=C/C=C(/Nc1nc(Nc2ccc(N3CCC(N4CCN(C)CC4)CC3)cc2OC)ncc1Cl)C(=C)P(C)(C)=O. The molecule has 0 radical (unpaired) electrons. The molecule has 2 aliphatic heterocycles. The van der Waals surface area contributed by atoms with E-state index >= 15 is 0 Å². The molecule has 2 saturated heterocycles. The third kappa shape index (κ3) is 7.46. The van der Waals surface area contributed by atoms with Crippen LogP contribution in [0.5, 0.6) is 5.75 Å². The van der Waals surface area contributed by atoms with Crippen LogP contribution in [0.25, 0.3) is 0 Å². The van der Waals surface area contributed by atoms with E-state index in [1.54, 1.807) is 32.6 Å². The number of hydrogen-bond donors (Lipinski definition) is 2. The molecule has 0 bridgehead atoms. The highest BCUT2D eigenvalue weighted by molar-refractivity contribution is 7.67. The Labute approximate surface area is 243 Å². The maximum absolute atomic E-state index is 12.6. The molecule has 1 aromatic heterocycles. The lowest BCUT2D eigenvalue weighted by Crippen LogP contribution is -2.52. The molecule has 2 aromatic rings. The first-order valence-electron chi connectivity index (χ1n) is 13.6. The number of nitrogens with one attached hydrogen (secondary N) is 2. The van der Waals surface area contributed by atoms with Crippen molar-refractivity contribution >= 4 is 41.9 Å². The van der Waals surface area contributed by atoms with Crippen molar-refractivity contribution in [1.29, 1.82) is 0 Å². The van der Waals surface area contributed by atoms with Crippen molar-refractivity contribution in [2.75, 3.05) is 82.3 Å². The molecule has 2 fully saturated rings. The summed E-state index contributed by atoms with van der Waals surface area (Å²) < 4.78 is 18.3. The Bertz CT molecular complexity index is 1300.